The maximum absolute atomic E-state index is 9.31. The van der Waals surface area contributed by atoms with Crippen LogP contribution in [0.15, 0.2) is 24.3 Å². The van der Waals surface area contributed by atoms with Gasteiger partial charge < -0.3 is 15.2 Å². The first-order valence-electron chi connectivity index (χ1n) is 7.33. The summed E-state index contributed by atoms with van der Waals surface area (Å²) in [5, 5.41) is 12.7. The standard InChI is InChI=1S/C16H26N2O2/c1-16(7-8-17-12-16)13-18(9-10-19)11-14-5-3-4-6-15(14)20-2/h3-6,17,19H,7-13H2,1-2H3. The second-order valence-corrected chi connectivity index (χ2v) is 5.98. The molecule has 0 bridgehead atoms. The molecule has 1 aromatic rings. The highest BCUT2D eigenvalue weighted by Crippen LogP contribution is 2.27. The molecule has 0 radical (unpaired) electrons. The normalized spacial score (nSPS) is 22.4. The summed E-state index contributed by atoms with van der Waals surface area (Å²) in [4.78, 5) is 2.32. The average Bonchev–Trinajstić information content (AvgIpc) is 2.86. The van der Waals surface area contributed by atoms with Crippen LogP contribution in [0.2, 0.25) is 0 Å². The van der Waals surface area contributed by atoms with E-state index in [9.17, 15) is 5.11 Å². The van der Waals surface area contributed by atoms with Crippen molar-refractivity contribution >= 4 is 0 Å². The SMILES string of the molecule is COc1ccccc1CN(CCO)CC1(C)CCNC1. The second-order valence-electron chi connectivity index (χ2n) is 5.98. The molecule has 1 unspecified atom stereocenters. The molecule has 0 aromatic heterocycles. The molecule has 112 valence electrons. The van der Waals surface area contributed by atoms with E-state index >= 15 is 0 Å². The molecule has 4 nitrogen and oxygen atoms in total. The van der Waals surface area contributed by atoms with Crippen LogP contribution in [0.4, 0.5) is 0 Å². The number of benzene rings is 1. The summed E-state index contributed by atoms with van der Waals surface area (Å²) in [6, 6.07) is 8.11. The molecule has 1 saturated heterocycles. The number of hydrogen-bond acceptors (Lipinski definition) is 4. The quantitative estimate of drug-likeness (QED) is 0.793. The Morgan fingerprint density at radius 1 is 1.40 bits per heavy atom. The molecule has 1 aliphatic heterocycles. The van der Waals surface area contributed by atoms with Crippen LogP contribution in [-0.2, 0) is 6.54 Å². The molecule has 1 atom stereocenters. The Labute approximate surface area is 121 Å². The Kier molecular flexibility index (Phi) is 5.40. The molecule has 1 aliphatic rings. The fourth-order valence-corrected chi connectivity index (χ4v) is 2.97. The number of nitrogens with one attached hydrogen (secondary N) is 1. The fraction of sp³-hybridized carbons (Fsp3) is 0.625. The Morgan fingerprint density at radius 3 is 2.85 bits per heavy atom. The molecular weight excluding hydrogens is 252 g/mol. The maximum atomic E-state index is 9.31. The van der Waals surface area contributed by atoms with Crippen LogP contribution in [0.25, 0.3) is 0 Å². The number of aliphatic hydroxyl groups excluding tert-OH is 1. The van der Waals surface area contributed by atoms with Crippen molar-refractivity contribution in [2.45, 2.75) is 19.9 Å². The Hall–Kier alpha value is -1.10. The van der Waals surface area contributed by atoms with Crippen molar-refractivity contribution < 1.29 is 9.84 Å². The molecule has 1 heterocycles. The summed E-state index contributed by atoms with van der Waals surface area (Å²) in [6.07, 6.45) is 1.20. The smallest absolute Gasteiger partial charge is 0.123 e. The monoisotopic (exact) mass is 278 g/mol. The van der Waals surface area contributed by atoms with Crippen molar-refractivity contribution in [2.75, 3.05) is 39.9 Å². The average molecular weight is 278 g/mol. The number of aliphatic hydroxyl groups is 1. The summed E-state index contributed by atoms with van der Waals surface area (Å²) >= 11 is 0. The van der Waals surface area contributed by atoms with Gasteiger partial charge in [0, 0.05) is 31.7 Å². The largest absolute Gasteiger partial charge is 0.496 e. The van der Waals surface area contributed by atoms with E-state index in [0.717, 1.165) is 31.9 Å². The molecule has 0 aliphatic carbocycles. The van der Waals surface area contributed by atoms with Crippen LogP contribution < -0.4 is 10.1 Å². The zero-order valence-corrected chi connectivity index (χ0v) is 12.6. The lowest BCUT2D eigenvalue weighted by molar-refractivity contribution is 0.137. The van der Waals surface area contributed by atoms with Crippen molar-refractivity contribution in [2.24, 2.45) is 5.41 Å². The van der Waals surface area contributed by atoms with Crippen LogP contribution in [-0.4, -0.2) is 49.9 Å². The Bertz CT molecular complexity index is 417. The minimum Gasteiger partial charge on any atom is -0.496 e. The highest BCUT2D eigenvalue weighted by Gasteiger charge is 2.30. The third kappa shape index (κ3) is 3.95. The molecule has 0 amide bonds. The van der Waals surface area contributed by atoms with E-state index in [1.807, 2.05) is 18.2 Å². The van der Waals surface area contributed by atoms with Crippen LogP contribution in [0.3, 0.4) is 0 Å². The lowest BCUT2D eigenvalue weighted by Gasteiger charge is -2.32. The lowest BCUT2D eigenvalue weighted by Crippen LogP contribution is -2.38. The zero-order chi connectivity index (χ0) is 14.4. The Morgan fingerprint density at radius 2 is 2.20 bits per heavy atom. The van der Waals surface area contributed by atoms with Crippen molar-refractivity contribution in [3.05, 3.63) is 29.8 Å². The van der Waals surface area contributed by atoms with Gasteiger partial charge in [-0.2, -0.15) is 0 Å². The molecular formula is C16H26N2O2. The highest BCUT2D eigenvalue weighted by atomic mass is 16.5. The van der Waals surface area contributed by atoms with E-state index in [2.05, 4.69) is 23.2 Å². The van der Waals surface area contributed by atoms with E-state index in [1.165, 1.54) is 12.0 Å². The van der Waals surface area contributed by atoms with Gasteiger partial charge in [0.25, 0.3) is 0 Å². The van der Waals surface area contributed by atoms with Gasteiger partial charge in [-0.3, -0.25) is 4.90 Å². The summed E-state index contributed by atoms with van der Waals surface area (Å²) in [7, 11) is 1.71. The van der Waals surface area contributed by atoms with Gasteiger partial charge in [0.1, 0.15) is 5.75 Å². The summed E-state index contributed by atoms with van der Waals surface area (Å²) in [5.74, 6) is 0.921. The molecule has 0 saturated carbocycles. The van der Waals surface area contributed by atoms with Crippen LogP contribution in [0.5, 0.6) is 5.75 Å². The first kappa shape index (κ1) is 15.3. The molecule has 20 heavy (non-hydrogen) atoms. The van der Waals surface area contributed by atoms with Gasteiger partial charge >= 0.3 is 0 Å². The van der Waals surface area contributed by atoms with E-state index in [0.29, 0.717) is 12.0 Å². The van der Waals surface area contributed by atoms with Gasteiger partial charge in [0.15, 0.2) is 0 Å². The zero-order valence-electron chi connectivity index (χ0n) is 12.6. The van der Waals surface area contributed by atoms with Gasteiger partial charge in [0.05, 0.1) is 13.7 Å². The number of hydrogen-bond donors (Lipinski definition) is 2. The van der Waals surface area contributed by atoms with Crippen LogP contribution in [0.1, 0.15) is 18.9 Å². The summed E-state index contributed by atoms with van der Waals surface area (Å²) in [6.45, 7) is 7.18. The predicted octanol–water partition coefficient (Wildman–Crippen LogP) is 1.49. The van der Waals surface area contributed by atoms with Gasteiger partial charge in [-0.25, -0.2) is 0 Å². The molecule has 2 N–H and O–H groups in total. The van der Waals surface area contributed by atoms with Crippen LogP contribution >= 0.6 is 0 Å². The maximum Gasteiger partial charge on any atom is 0.123 e. The van der Waals surface area contributed by atoms with Crippen molar-refractivity contribution in [3.8, 4) is 5.75 Å². The topological polar surface area (TPSA) is 44.7 Å². The lowest BCUT2D eigenvalue weighted by atomic mass is 9.89. The molecule has 1 aromatic carbocycles. The minimum atomic E-state index is 0.193. The number of para-hydroxylation sites is 1. The third-order valence-corrected chi connectivity index (χ3v) is 4.07. The van der Waals surface area contributed by atoms with Crippen molar-refractivity contribution in [3.63, 3.8) is 0 Å². The van der Waals surface area contributed by atoms with E-state index in [-0.39, 0.29) is 6.61 Å². The number of ether oxygens (including phenoxy) is 1. The first-order chi connectivity index (χ1) is 9.67. The Balaban J connectivity index is 2.04. The molecule has 2 rings (SSSR count). The van der Waals surface area contributed by atoms with Gasteiger partial charge in [-0.1, -0.05) is 25.1 Å². The minimum absolute atomic E-state index is 0.193. The van der Waals surface area contributed by atoms with E-state index in [1.54, 1.807) is 7.11 Å². The van der Waals surface area contributed by atoms with Crippen molar-refractivity contribution in [1.82, 2.24) is 10.2 Å². The highest BCUT2D eigenvalue weighted by molar-refractivity contribution is 5.33. The molecule has 1 fully saturated rings. The summed E-state index contributed by atoms with van der Waals surface area (Å²) in [5.41, 5.74) is 1.48. The van der Waals surface area contributed by atoms with E-state index in [4.69, 9.17) is 4.74 Å². The van der Waals surface area contributed by atoms with E-state index < -0.39 is 0 Å². The number of nitrogens with zero attached hydrogens (tertiary/aromatic N) is 1. The van der Waals surface area contributed by atoms with Crippen molar-refractivity contribution in [1.29, 1.82) is 0 Å². The number of methoxy groups -OCH3 is 1. The van der Waals surface area contributed by atoms with Crippen LogP contribution in [0, 0.1) is 5.41 Å². The third-order valence-electron chi connectivity index (χ3n) is 4.07. The predicted molar refractivity (Wildman–Crippen MR) is 81.0 cm³/mol. The molecule has 4 heteroatoms. The number of rotatable bonds is 7. The second kappa shape index (κ2) is 7.07. The van der Waals surface area contributed by atoms with Gasteiger partial charge in [-0.05, 0) is 24.4 Å². The van der Waals surface area contributed by atoms with Gasteiger partial charge in [0.2, 0.25) is 0 Å². The summed E-state index contributed by atoms with van der Waals surface area (Å²) < 4.78 is 5.42. The molecule has 0 spiro atoms. The first-order valence-corrected chi connectivity index (χ1v) is 7.33. The van der Waals surface area contributed by atoms with Gasteiger partial charge in [-0.15, -0.1) is 0 Å². The fourth-order valence-electron chi connectivity index (χ4n) is 2.97.